The fraction of sp³-hybridized carbons (Fsp3) is 0.478. The molecule has 160 valence electrons. The Hall–Kier alpha value is -2.48. The van der Waals surface area contributed by atoms with Gasteiger partial charge in [0.05, 0.1) is 17.9 Å². The number of aliphatic hydroxyl groups excluding tert-OH is 1. The van der Waals surface area contributed by atoms with Crippen molar-refractivity contribution in [3.05, 3.63) is 59.4 Å². The highest BCUT2D eigenvalue weighted by molar-refractivity contribution is 5.94. The van der Waals surface area contributed by atoms with Gasteiger partial charge in [-0.1, -0.05) is 24.3 Å². The number of β-amino-alcohol motifs (C(OH)–C–C–N with tert-alkyl or cyclic N) is 1. The molecule has 7 nitrogen and oxygen atoms in total. The normalized spacial score (nSPS) is 18.4. The zero-order valence-corrected chi connectivity index (χ0v) is 17.2. The Morgan fingerprint density at radius 3 is 2.90 bits per heavy atom. The van der Waals surface area contributed by atoms with Crippen molar-refractivity contribution in [2.75, 3.05) is 32.7 Å². The highest BCUT2D eigenvalue weighted by Crippen LogP contribution is 2.19. The molecule has 1 aromatic heterocycles. The van der Waals surface area contributed by atoms with Crippen LogP contribution in [0.1, 0.15) is 34.3 Å². The Balaban J connectivity index is 1.24. The number of amides is 1. The summed E-state index contributed by atoms with van der Waals surface area (Å²) in [5.41, 5.74) is 3.15. The van der Waals surface area contributed by atoms with E-state index < -0.39 is 6.10 Å². The average Bonchev–Trinajstić information content (AvgIpc) is 2.78. The average molecular weight is 411 g/mol. The smallest absolute Gasteiger partial charge is 0.253 e. The monoisotopic (exact) mass is 410 g/mol. The van der Waals surface area contributed by atoms with Crippen molar-refractivity contribution in [2.24, 2.45) is 0 Å². The molecule has 1 saturated heterocycles. The predicted octanol–water partition coefficient (Wildman–Crippen LogP) is 1.36. The number of piperidine rings is 1. The number of carbonyl (C=O) groups excluding carboxylic acids is 1. The van der Waals surface area contributed by atoms with Gasteiger partial charge in [-0.3, -0.25) is 14.7 Å². The van der Waals surface area contributed by atoms with Gasteiger partial charge in [0, 0.05) is 32.4 Å². The fourth-order valence-electron chi connectivity index (χ4n) is 4.10. The van der Waals surface area contributed by atoms with Crippen LogP contribution in [0.5, 0.6) is 5.75 Å². The summed E-state index contributed by atoms with van der Waals surface area (Å²) < 4.78 is 5.96. The molecule has 1 aromatic carbocycles. The van der Waals surface area contributed by atoms with Gasteiger partial charge in [0.15, 0.2) is 0 Å². The molecular weight excluding hydrogens is 380 g/mol. The first-order valence-corrected chi connectivity index (χ1v) is 10.8. The summed E-state index contributed by atoms with van der Waals surface area (Å²) in [7, 11) is 0. The number of benzene rings is 1. The summed E-state index contributed by atoms with van der Waals surface area (Å²) in [6, 6.07) is 10.1. The van der Waals surface area contributed by atoms with E-state index in [2.05, 4.69) is 44.8 Å². The first-order valence-electron chi connectivity index (χ1n) is 10.8. The molecule has 2 aliphatic rings. The SMILES string of the molecule is O=C(NC[C@H](O)CN1CCc2ccccc2C1)c1cncc(OC2CCNCC2)c1. The van der Waals surface area contributed by atoms with Crippen LogP contribution in [0.4, 0.5) is 0 Å². The lowest BCUT2D eigenvalue weighted by molar-refractivity contribution is 0.0840. The van der Waals surface area contributed by atoms with E-state index in [0.29, 0.717) is 17.9 Å². The third kappa shape index (κ3) is 5.56. The van der Waals surface area contributed by atoms with Crippen LogP contribution in [-0.4, -0.2) is 65.8 Å². The van der Waals surface area contributed by atoms with Crippen LogP contribution >= 0.6 is 0 Å². The Bertz CT molecular complexity index is 854. The number of nitrogens with zero attached hydrogens (tertiary/aromatic N) is 2. The van der Waals surface area contributed by atoms with E-state index in [0.717, 1.165) is 45.4 Å². The molecule has 0 bridgehead atoms. The Labute approximate surface area is 177 Å². The summed E-state index contributed by atoms with van der Waals surface area (Å²) >= 11 is 0. The van der Waals surface area contributed by atoms with Gasteiger partial charge in [-0.2, -0.15) is 0 Å². The molecule has 0 spiro atoms. The van der Waals surface area contributed by atoms with E-state index in [9.17, 15) is 9.90 Å². The number of hydrogen-bond acceptors (Lipinski definition) is 6. The van der Waals surface area contributed by atoms with Crippen LogP contribution in [0.3, 0.4) is 0 Å². The lowest BCUT2D eigenvalue weighted by Crippen LogP contribution is -2.42. The number of fused-ring (bicyclic) bond motifs is 1. The molecule has 1 atom stereocenters. The largest absolute Gasteiger partial charge is 0.489 e. The number of aliphatic hydroxyl groups is 1. The van der Waals surface area contributed by atoms with Gasteiger partial charge in [0.2, 0.25) is 0 Å². The standard InChI is InChI=1S/C23H30N4O3/c28-20(16-27-10-7-17-3-1-2-4-18(17)15-27)13-26-23(29)19-11-22(14-25-12-19)30-21-5-8-24-9-6-21/h1-4,11-12,14,20-21,24,28H,5-10,13,15-16H2,(H,26,29)/t20-/m0/s1. The van der Waals surface area contributed by atoms with Crippen molar-refractivity contribution in [1.82, 2.24) is 20.5 Å². The number of pyridine rings is 1. The Morgan fingerprint density at radius 1 is 1.27 bits per heavy atom. The maximum Gasteiger partial charge on any atom is 0.253 e. The molecule has 0 radical (unpaired) electrons. The van der Waals surface area contributed by atoms with Crippen molar-refractivity contribution in [3.8, 4) is 5.75 Å². The third-order valence-electron chi connectivity index (χ3n) is 5.74. The molecule has 1 fully saturated rings. The topological polar surface area (TPSA) is 86.7 Å². The minimum Gasteiger partial charge on any atom is -0.489 e. The van der Waals surface area contributed by atoms with Crippen LogP contribution < -0.4 is 15.4 Å². The third-order valence-corrected chi connectivity index (χ3v) is 5.74. The maximum atomic E-state index is 12.5. The van der Waals surface area contributed by atoms with Crippen LogP contribution in [-0.2, 0) is 13.0 Å². The van der Waals surface area contributed by atoms with Gasteiger partial charge in [0.25, 0.3) is 5.91 Å². The zero-order chi connectivity index (χ0) is 20.8. The molecule has 2 aliphatic heterocycles. The molecule has 0 unspecified atom stereocenters. The van der Waals surface area contributed by atoms with E-state index in [1.165, 1.54) is 17.3 Å². The second kappa shape index (κ2) is 10.0. The highest BCUT2D eigenvalue weighted by Gasteiger charge is 2.19. The molecule has 3 heterocycles. The lowest BCUT2D eigenvalue weighted by atomic mass is 10.00. The number of nitrogens with one attached hydrogen (secondary N) is 2. The fourth-order valence-corrected chi connectivity index (χ4v) is 4.10. The summed E-state index contributed by atoms with van der Waals surface area (Å²) in [6.07, 6.45) is 5.59. The molecule has 4 rings (SSSR count). The summed E-state index contributed by atoms with van der Waals surface area (Å²) in [5.74, 6) is 0.364. The van der Waals surface area contributed by atoms with Gasteiger partial charge >= 0.3 is 0 Å². The second-order valence-corrected chi connectivity index (χ2v) is 8.09. The molecule has 1 amide bonds. The first-order chi connectivity index (χ1) is 14.7. The number of carbonyl (C=O) groups is 1. The molecule has 0 saturated carbocycles. The lowest BCUT2D eigenvalue weighted by Gasteiger charge is -2.30. The zero-order valence-electron chi connectivity index (χ0n) is 17.2. The van der Waals surface area contributed by atoms with Gasteiger partial charge in [-0.25, -0.2) is 0 Å². The van der Waals surface area contributed by atoms with Crippen molar-refractivity contribution >= 4 is 5.91 Å². The summed E-state index contributed by atoms with van der Waals surface area (Å²) in [4.78, 5) is 18.9. The van der Waals surface area contributed by atoms with E-state index in [4.69, 9.17) is 4.74 Å². The van der Waals surface area contributed by atoms with Gasteiger partial charge in [-0.05, 0) is 49.5 Å². The minimum atomic E-state index is -0.624. The first kappa shape index (κ1) is 20.8. The van der Waals surface area contributed by atoms with Gasteiger partial charge in [0.1, 0.15) is 11.9 Å². The van der Waals surface area contributed by atoms with Crippen LogP contribution in [0.2, 0.25) is 0 Å². The molecule has 7 heteroatoms. The second-order valence-electron chi connectivity index (χ2n) is 8.09. The Morgan fingerprint density at radius 2 is 2.07 bits per heavy atom. The number of aromatic nitrogens is 1. The van der Waals surface area contributed by atoms with Crippen molar-refractivity contribution in [3.63, 3.8) is 0 Å². The van der Waals surface area contributed by atoms with E-state index in [-0.39, 0.29) is 18.6 Å². The molecule has 2 aromatic rings. The van der Waals surface area contributed by atoms with Crippen LogP contribution in [0.15, 0.2) is 42.7 Å². The highest BCUT2D eigenvalue weighted by atomic mass is 16.5. The number of hydrogen-bond donors (Lipinski definition) is 3. The predicted molar refractivity (Wildman–Crippen MR) is 115 cm³/mol. The summed E-state index contributed by atoms with van der Waals surface area (Å²) in [6.45, 7) is 4.38. The minimum absolute atomic E-state index is 0.155. The van der Waals surface area contributed by atoms with Crippen molar-refractivity contribution in [1.29, 1.82) is 0 Å². The van der Waals surface area contributed by atoms with Crippen molar-refractivity contribution < 1.29 is 14.6 Å². The Kier molecular flexibility index (Phi) is 6.94. The molecule has 0 aliphatic carbocycles. The van der Waals surface area contributed by atoms with Gasteiger partial charge < -0.3 is 20.5 Å². The quantitative estimate of drug-likeness (QED) is 0.639. The van der Waals surface area contributed by atoms with E-state index in [1.54, 1.807) is 12.3 Å². The molecular formula is C23H30N4O3. The summed E-state index contributed by atoms with van der Waals surface area (Å²) in [5, 5.41) is 16.5. The molecule has 3 N–H and O–H groups in total. The maximum absolute atomic E-state index is 12.5. The van der Waals surface area contributed by atoms with Crippen molar-refractivity contribution in [2.45, 2.75) is 38.0 Å². The number of ether oxygens (including phenoxy) is 1. The number of rotatable bonds is 7. The van der Waals surface area contributed by atoms with Crippen LogP contribution in [0.25, 0.3) is 0 Å². The van der Waals surface area contributed by atoms with E-state index >= 15 is 0 Å². The van der Waals surface area contributed by atoms with E-state index in [1.807, 2.05) is 0 Å². The van der Waals surface area contributed by atoms with Gasteiger partial charge in [-0.15, -0.1) is 0 Å². The van der Waals surface area contributed by atoms with Crippen LogP contribution in [0, 0.1) is 0 Å². The molecule has 30 heavy (non-hydrogen) atoms.